The van der Waals surface area contributed by atoms with Gasteiger partial charge in [0.05, 0.1) is 5.69 Å². The third kappa shape index (κ3) is 5.19. The van der Waals surface area contributed by atoms with Crippen LogP contribution in [-0.4, -0.2) is 30.9 Å². The molecule has 0 aliphatic heterocycles. The maximum absolute atomic E-state index is 13.0. The van der Waals surface area contributed by atoms with Gasteiger partial charge in [0.25, 0.3) is 0 Å². The Morgan fingerprint density at radius 3 is 2.33 bits per heavy atom. The molecule has 0 atom stereocenters. The second-order valence-electron chi connectivity index (χ2n) is 6.13. The van der Waals surface area contributed by atoms with E-state index in [2.05, 4.69) is 10.6 Å². The standard InChI is InChI=1S/C19H24ClN3O2S2/c1-5-23(6-2)27(24,25)18-11-13(3)7-10-17(18)22-19(26)21-15-9-8-14(4)16(20)12-15/h7-12H,5-6H2,1-4H3,(H2,21,22,26). The average Bonchev–Trinajstić information content (AvgIpc) is 2.60. The highest BCUT2D eigenvalue weighted by atomic mass is 35.5. The van der Waals surface area contributed by atoms with Crippen LogP contribution in [0.1, 0.15) is 25.0 Å². The van der Waals surface area contributed by atoms with Gasteiger partial charge >= 0.3 is 0 Å². The largest absolute Gasteiger partial charge is 0.332 e. The summed E-state index contributed by atoms with van der Waals surface area (Å²) in [6.45, 7) is 8.21. The zero-order valence-corrected chi connectivity index (χ0v) is 18.2. The zero-order valence-electron chi connectivity index (χ0n) is 15.8. The van der Waals surface area contributed by atoms with Crippen molar-refractivity contribution in [1.82, 2.24) is 4.31 Å². The molecule has 5 nitrogen and oxygen atoms in total. The lowest BCUT2D eigenvalue weighted by Gasteiger charge is -2.21. The number of benzene rings is 2. The Labute approximate surface area is 171 Å². The number of sulfonamides is 1. The summed E-state index contributed by atoms with van der Waals surface area (Å²) >= 11 is 11.5. The molecular weight excluding hydrogens is 402 g/mol. The van der Waals surface area contributed by atoms with Gasteiger partial charge in [0.15, 0.2) is 5.11 Å². The van der Waals surface area contributed by atoms with Gasteiger partial charge in [-0.15, -0.1) is 0 Å². The summed E-state index contributed by atoms with van der Waals surface area (Å²) in [4.78, 5) is 0.206. The van der Waals surface area contributed by atoms with Crippen LogP contribution in [0.2, 0.25) is 5.02 Å². The van der Waals surface area contributed by atoms with Crippen molar-refractivity contribution in [3.05, 3.63) is 52.5 Å². The zero-order chi connectivity index (χ0) is 20.2. The van der Waals surface area contributed by atoms with Crippen LogP contribution in [0.3, 0.4) is 0 Å². The van der Waals surface area contributed by atoms with E-state index in [1.807, 2.05) is 45.9 Å². The summed E-state index contributed by atoms with van der Waals surface area (Å²) in [5.41, 5.74) is 2.98. The molecule has 0 spiro atoms. The third-order valence-corrected chi connectivity index (χ3v) is 6.84. The molecule has 2 N–H and O–H groups in total. The lowest BCUT2D eigenvalue weighted by molar-refractivity contribution is 0.445. The van der Waals surface area contributed by atoms with Crippen molar-refractivity contribution in [3.63, 3.8) is 0 Å². The predicted octanol–water partition coefficient (Wildman–Crippen LogP) is 4.80. The number of aryl methyl sites for hydroxylation is 2. The van der Waals surface area contributed by atoms with Gasteiger partial charge in [-0.05, 0) is 61.5 Å². The van der Waals surface area contributed by atoms with Crippen LogP contribution in [0.25, 0.3) is 0 Å². The second kappa shape index (κ2) is 9.01. The van der Waals surface area contributed by atoms with Crippen molar-refractivity contribution in [3.8, 4) is 0 Å². The van der Waals surface area contributed by atoms with E-state index in [0.29, 0.717) is 23.8 Å². The highest BCUT2D eigenvalue weighted by Gasteiger charge is 2.25. The maximum Gasteiger partial charge on any atom is 0.245 e. The first-order valence-corrected chi connectivity index (χ1v) is 10.9. The first-order chi connectivity index (χ1) is 12.7. The number of halogens is 1. The molecule has 0 unspecified atom stereocenters. The number of nitrogens with one attached hydrogen (secondary N) is 2. The van der Waals surface area contributed by atoms with E-state index in [1.54, 1.807) is 18.2 Å². The van der Waals surface area contributed by atoms with Crippen molar-refractivity contribution >= 4 is 50.3 Å². The topological polar surface area (TPSA) is 61.4 Å². The van der Waals surface area contributed by atoms with E-state index >= 15 is 0 Å². The molecule has 0 saturated carbocycles. The molecule has 0 aliphatic carbocycles. The maximum atomic E-state index is 13.0. The molecule has 0 heterocycles. The molecular formula is C19H24ClN3O2S2. The Hall–Kier alpha value is -1.67. The van der Waals surface area contributed by atoms with Gasteiger partial charge in [-0.3, -0.25) is 0 Å². The SMILES string of the molecule is CCN(CC)S(=O)(=O)c1cc(C)ccc1NC(=S)Nc1ccc(C)c(Cl)c1. The number of rotatable bonds is 6. The number of anilines is 2. The molecule has 8 heteroatoms. The lowest BCUT2D eigenvalue weighted by Crippen LogP contribution is -2.31. The Kier molecular flexibility index (Phi) is 7.22. The molecule has 0 saturated heterocycles. The molecule has 0 aliphatic rings. The van der Waals surface area contributed by atoms with Crippen molar-refractivity contribution < 1.29 is 8.42 Å². The van der Waals surface area contributed by atoms with Gasteiger partial charge in [-0.1, -0.05) is 37.6 Å². The summed E-state index contributed by atoms with van der Waals surface area (Å²) in [7, 11) is -3.62. The van der Waals surface area contributed by atoms with E-state index in [-0.39, 0.29) is 10.0 Å². The summed E-state index contributed by atoms with van der Waals surface area (Å²) in [5.74, 6) is 0. The molecule has 0 amide bonds. The fraction of sp³-hybridized carbons (Fsp3) is 0.316. The lowest BCUT2D eigenvalue weighted by atomic mass is 10.2. The predicted molar refractivity (Wildman–Crippen MR) is 117 cm³/mol. The Morgan fingerprint density at radius 2 is 1.74 bits per heavy atom. The first kappa shape index (κ1) is 21.6. The molecule has 0 radical (unpaired) electrons. The van der Waals surface area contributed by atoms with E-state index < -0.39 is 10.0 Å². The van der Waals surface area contributed by atoms with Gasteiger partial charge in [0, 0.05) is 23.8 Å². The smallest absolute Gasteiger partial charge is 0.245 e. The molecule has 146 valence electrons. The van der Waals surface area contributed by atoms with Crippen LogP contribution in [0.4, 0.5) is 11.4 Å². The van der Waals surface area contributed by atoms with Gasteiger partial charge in [-0.25, -0.2) is 8.42 Å². The van der Waals surface area contributed by atoms with Crippen molar-refractivity contribution in [2.45, 2.75) is 32.6 Å². The van der Waals surface area contributed by atoms with E-state index in [4.69, 9.17) is 23.8 Å². The van der Waals surface area contributed by atoms with Gasteiger partial charge < -0.3 is 10.6 Å². The number of nitrogens with zero attached hydrogens (tertiary/aromatic N) is 1. The fourth-order valence-corrected chi connectivity index (χ4v) is 4.70. The quantitative estimate of drug-likeness (QED) is 0.651. The molecule has 2 rings (SSSR count). The summed E-state index contributed by atoms with van der Waals surface area (Å²) < 4.78 is 27.4. The van der Waals surface area contributed by atoms with Gasteiger partial charge in [0.1, 0.15) is 4.90 Å². The normalized spacial score (nSPS) is 11.5. The number of hydrogen-bond acceptors (Lipinski definition) is 3. The summed E-state index contributed by atoms with van der Waals surface area (Å²) in [5, 5.41) is 6.95. The van der Waals surface area contributed by atoms with Crippen LogP contribution < -0.4 is 10.6 Å². The fourth-order valence-electron chi connectivity index (χ4n) is 2.60. The van der Waals surface area contributed by atoms with Crippen LogP contribution in [-0.2, 0) is 10.0 Å². The van der Waals surface area contributed by atoms with Crippen LogP contribution in [0, 0.1) is 13.8 Å². The Bertz CT molecular complexity index is 942. The Morgan fingerprint density at radius 1 is 1.07 bits per heavy atom. The minimum atomic E-state index is -3.62. The molecule has 0 aromatic heterocycles. The van der Waals surface area contributed by atoms with E-state index in [1.165, 1.54) is 4.31 Å². The van der Waals surface area contributed by atoms with Crippen LogP contribution in [0.5, 0.6) is 0 Å². The molecule has 2 aromatic carbocycles. The second-order valence-corrected chi connectivity index (χ2v) is 8.85. The van der Waals surface area contributed by atoms with Gasteiger partial charge in [0.2, 0.25) is 10.0 Å². The minimum absolute atomic E-state index is 0.206. The minimum Gasteiger partial charge on any atom is -0.332 e. The molecule has 0 bridgehead atoms. The number of hydrogen-bond donors (Lipinski definition) is 2. The summed E-state index contributed by atoms with van der Waals surface area (Å²) in [6.07, 6.45) is 0. The van der Waals surface area contributed by atoms with Gasteiger partial charge in [-0.2, -0.15) is 4.31 Å². The highest BCUT2D eigenvalue weighted by molar-refractivity contribution is 7.89. The number of thiocarbonyl (C=S) groups is 1. The Balaban J connectivity index is 2.31. The average molecular weight is 426 g/mol. The van der Waals surface area contributed by atoms with Crippen molar-refractivity contribution in [1.29, 1.82) is 0 Å². The molecule has 27 heavy (non-hydrogen) atoms. The third-order valence-electron chi connectivity index (χ3n) is 4.14. The summed E-state index contributed by atoms with van der Waals surface area (Å²) in [6, 6.07) is 10.7. The molecule has 2 aromatic rings. The monoisotopic (exact) mass is 425 g/mol. The van der Waals surface area contributed by atoms with Crippen LogP contribution in [0.15, 0.2) is 41.3 Å². The molecule has 0 fully saturated rings. The van der Waals surface area contributed by atoms with E-state index in [0.717, 1.165) is 16.8 Å². The first-order valence-electron chi connectivity index (χ1n) is 8.64. The van der Waals surface area contributed by atoms with E-state index in [9.17, 15) is 8.42 Å². The van der Waals surface area contributed by atoms with Crippen molar-refractivity contribution in [2.75, 3.05) is 23.7 Å². The van der Waals surface area contributed by atoms with Crippen molar-refractivity contribution in [2.24, 2.45) is 0 Å². The van der Waals surface area contributed by atoms with Crippen LogP contribution >= 0.6 is 23.8 Å². The highest BCUT2D eigenvalue weighted by Crippen LogP contribution is 2.26.